The first kappa shape index (κ1) is 15.0. The highest BCUT2D eigenvalue weighted by molar-refractivity contribution is 5.94. The van der Waals surface area contributed by atoms with Crippen molar-refractivity contribution in [3.8, 4) is 0 Å². The van der Waals surface area contributed by atoms with Crippen molar-refractivity contribution in [2.45, 2.75) is 13.5 Å². The van der Waals surface area contributed by atoms with Crippen LogP contribution >= 0.6 is 0 Å². The van der Waals surface area contributed by atoms with Gasteiger partial charge in [-0.3, -0.25) is 14.3 Å². The highest BCUT2D eigenvalue weighted by Crippen LogP contribution is 2.21. The molecule has 0 radical (unpaired) electrons. The van der Waals surface area contributed by atoms with Gasteiger partial charge in [-0.1, -0.05) is 0 Å². The van der Waals surface area contributed by atoms with Crippen molar-refractivity contribution in [2.75, 3.05) is 46.3 Å². The van der Waals surface area contributed by atoms with Crippen molar-refractivity contribution in [3.63, 3.8) is 0 Å². The molecule has 1 aromatic heterocycles. The van der Waals surface area contributed by atoms with Crippen LogP contribution in [0.2, 0.25) is 0 Å². The van der Waals surface area contributed by atoms with Crippen LogP contribution in [0.1, 0.15) is 17.4 Å². The maximum Gasteiger partial charge on any atom is 0.272 e. The zero-order chi connectivity index (χ0) is 15.7. The van der Waals surface area contributed by atoms with E-state index in [0.29, 0.717) is 25.3 Å². The average molecular weight is 305 g/mol. The monoisotopic (exact) mass is 305 g/mol. The molecular weight excluding hydrogens is 282 g/mol. The molecule has 2 saturated heterocycles. The molecular formula is C15H23N5O2. The number of likely N-dealkylation sites (tertiary alicyclic amines) is 1. The number of hydrogen-bond donors (Lipinski definition) is 0. The van der Waals surface area contributed by atoms with E-state index in [1.165, 1.54) is 0 Å². The Hall–Kier alpha value is -1.89. The Labute approximate surface area is 130 Å². The van der Waals surface area contributed by atoms with Gasteiger partial charge >= 0.3 is 0 Å². The molecule has 0 N–H and O–H groups in total. The molecule has 0 unspecified atom stereocenters. The van der Waals surface area contributed by atoms with E-state index in [0.717, 1.165) is 26.2 Å². The maximum absolute atomic E-state index is 12.4. The number of rotatable bonds is 3. The number of likely N-dealkylation sites (N-methyl/N-ethyl adjacent to an activating group) is 1. The molecule has 3 rings (SSSR count). The number of hydrogen-bond acceptors (Lipinski definition) is 4. The van der Waals surface area contributed by atoms with Gasteiger partial charge in [0.2, 0.25) is 5.91 Å². The molecule has 22 heavy (non-hydrogen) atoms. The lowest BCUT2D eigenvalue weighted by molar-refractivity contribution is -0.141. The van der Waals surface area contributed by atoms with E-state index < -0.39 is 0 Å². The van der Waals surface area contributed by atoms with E-state index >= 15 is 0 Å². The summed E-state index contributed by atoms with van der Waals surface area (Å²) in [5.41, 5.74) is 0.605. The highest BCUT2D eigenvalue weighted by Gasteiger charge is 2.39. The number of amides is 2. The van der Waals surface area contributed by atoms with E-state index in [4.69, 9.17) is 0 Å². The first-order valence-electron chi connectivity index (χ1n) is 7.88. The number of carbonyl (C=O) groups is 2. The quantitative estimate of drug-likeness (QED) is 0.772. The van der Waals surface area contributed by atoms with Crippen LogP contribution in [0.4, 0.5) is 0 Å². The molecule has 0 aromatic carbocycles. The van der Waals surface area contributed by atoms with Crippen LogP contribution < -0.4 is 0 Å². The molecule has 3 heterocycles. The summed E-state index contributed by atoms with van der Waals surface area (Å²) < 4.78 is 1.69. The van der Waals surface area contributed by atoms with Gasteiger partial charge in [-0.15, -0.1) is 0 Å². The minimum atomic E-state index is -0.0367. The van der Waals surface area contributed by atoms with Gasteiger partial charge in [-0.05, 0) is 20.0 Å². The molecule has 7 heteroatoms. The number of piperazine rings is 1. The molecule has 0 atom stereocenters. The van der Waals surface area contributed by atoms with E-state index in [1.54, 1.807) is 21.8 Å². The van der Waals surface area contributed by atoms with E-state index in [1.807, 2.05) is 11.8 Å². The van der Waals surface area contributed by atoms with Crippen molar-refractivity contribution in [3.05, 3.63) is 18.0 Å². The minimum Gasteiger partial charge on any atom is -0.340 e. The first-order chi connectivity index (χ1) is 10.6. The summed E-state index contributed by atoms with van der Waals surface area (Å²) in [6, 6.07) is 1.74. The molecule has 7 nitrogen and oxygen atoms in total. The van der Waals surface area contributed by atoms with E-state index in [9.17, 15) is 9.59 Å². The van der Waals surface area contributed by atoms with Crippen molar-refractivity contribution in [1.29, 1.82) is 0 Å². The molecule has 1 aromatic rings. The number of carbonyl (C=O) groups excluding carboxylic acids is 2. The Morgan fingerprint density at radius 1 is 1.18 bits per heavy atom. The lowest BCUT2D eigenvalue weighted by Gasteiger charge is -2.42. The lowest BCUT2D eigenvalue weighted by Crippen LogP contribution is -2.59. The van der Waals surface area contributed by atoms with Crippen LogP contribution in [0.5, 0.6) is 0 Å². The third-order valence-corrected chi connectivity index (χ3v) is 4.57. The standard InChI is InChI=1S/C15H23N5O2/c1-3-20-13(4-5-16-20)15(22)19-10-12(11-19)14(21)18-8-6-17(2)7-9-18/h4-5,12H,3,6-11H2,1-2H3. The normalized spacial score (nSPS) is 20.1. The molecule has 2 aliphatic heterocycles. The summed E-state index contributed by atoms with van der Waals surface area (Å²) in [5, 5.41) is 4.12. The number of aromatic nitrogens is 2. The van der Waals surface area contributed by atoms with Crippen molar-refractivity contribution in [2.24, 2.45) is 5.92 Å². The fourth-order valence-electron chi connectivity index (χ4n) is 3.01. The van der Waals surface area contributed by atoms with E-state index in [-0.39, 0.29) is 17.7 Å². The molecule has 120 valence electrons. The van der Waals surface area contributed by atoms with Crippen LogP contribution in [-0.4, -0.2) is 82.6 Å². The Balaban J connectivity index is 1.53. The molecule has 2 amide bonds. The summed E-state index contributed by atoms with van der Waals surface area (Å²) in [6.45, 7) is 7.13. The summed E-state index contributed by atoms with van der Waals surface area (Å²) in [7, 11) is 2.07. The Kier molecular flexibility index (Phi) is 4.15. The van der Waals surface area contributed by atoms with Crippen molar-refractivity contribution < 1.29 is 9.59 Å². The van der Waals surface area contributed by atoms with Crippen molar-refractivity contribution >= 4 is 11.8 Å². The third kappa shape index (κ3) is 2.72. The summed E-state index contributed by atoms with van der Waals surface area (Å²) >= 11 is 0. The maximum atomic E-state index is 12.4. The predicted molar refractivity (Wildman–Crippen MR) is 81.4 cm³/mol. The molecule has 0 spiro atoms. The second-order valence-electron chi connectivity index (χ2n) is 6.07. The van der Waals surface area contributed by atoms with Crippen LogP contribution in [-0.2, 0) is 11.3 Å². The predicted octanol–water partition coefficient (Wildman–Crippen LogP) is -0.251. The van der Waals surface area contributed by atoms with E-state index in [2.05, 4.69) is 17.0 Å². The van der Waals surface area contributed by atoms with Crippen LogP contribution in [0.25, 0.3) is 0 Å². The number of aryl methyl sites for hydroxylation is 1. The Morgan fingerprint density at radius 3 is 2.50 bits per heavy atom. The minimum absolute atomic E-state index is 0.0261. The second-order valence-corrected chi connectivity index (χ2v) is 6.07. The highest BCUT2D eigenvalue weighted by atomic mass is 16.2. The van der Waals surface area contributed by atoms with Crippen LogP contribution in [0, 0.1) is 5.92 Å². The molecule has 2 fully saturated rings. The fraction of sp³-hybridized carbons (Fsp3) is 0.667. The molecule has 0 bridgehead atoms. The van der Waals surface area contributed by atoms with Crippen molar-refractivity contribution in [1.82, 2.24) is 24.5 Å². The Bertz CT molecular complexity index is 556. The fourth-order valence-corrected chi connectivity index (χ4v) is 3.01. The average Bonchev–Trinajstić information content (AvgIpc) is 2.94. The smallest absolute Gasteiger partial charge is 0.272 e. The Morgan fingerprint density at radius 2 is 1.86 bits per heavy atom. The van der Waals surface area contributed by atoms with Gasteiger partial charge in [-0.25, -0.2) is 0 Å². The topological polar surface area (TPSA) is 61.7 Å². The van der Waals surface area contributed by atoms with Gasteiger partial charge in [0.05, 0.1) is 5.92 Å². The molecule has 0 saturated carbocycles. The summed E-state index contributed by atoms with van der Waals surface area (Å²) in [4.78, 5) is 30.7. The van der Waals surface area contributed by atoms with Gasteiger partial charge < -0.3 is 14.7 Å². The molecule has 2 aliphatic rings. The summed E-state index contributed by atoms with van der Waals surface area (Å²) in [6.07, 6.45) is 1.64. The van der Waals surface area contributed by atoms with Gasteiger partial charge in [-0.2, -0.15) is 5.10 Å². The third-order valence-electron chi connectivity index (χ3n) is 4.57. The zero-order valence-electron chi connectivity index (χ0n) is 13.2. The zero-order valence-corrected chi connectivity index (χ0v) is 13.2. The lowest BCUT2D eigenvalue weighted by atomic mass is 9.97. The van der Waals surface area contributed by atoms with Gasteiger partial charge in [0.1, 0.15) is 5.69 Å². The van der Waals surface area contributed by atoms with Crippen LogP contribution in [0.3, 0.4) is 0 Å². The van der Waals surface area contributed by atoms with Gasteiger partial charge in [0.15, 0.2) is 0 Å². The summed E-state index contributed by atoms with van der Waals surface area (Å²) in [5.74, 6) is 0.133. The van der Waals surface area contributed by atoms with Gasteiger partial charge in [0, 0.05) is 52.0 Å². The van der Waals surface area contributed by atoms with Gasteiger partial charge in [0.25, 0.3) is 5.91 Å². The van der Waals surface area contributed by atoms with Crippen LogP contribution in [0.15, 0.2) is 12.3 Å². The molecule has 0 aliphatic carbocycles. The number of nitrogens with zero attached hydrogens (tertiary/aromatic N) is 5. The first-order valence-corrected chi connectivity index (χ1v) is 7.88. The second kappa shape index (κ2) is 6.08. The largest absolute Gasteiger partial charge is 0.340 e. The SMILES string of the molecule is CCn1nccc1C(=O)N1CC(C(=O)N2CCN(C)CC2)C1.